The van der Waals surface area contributed by atoms with Crippen molar-refractivity contribution in [2.45, 2.75) is 0 Å². The highest BCUT2D eigenvalue weighted by Gasteiger charge is 2.12. The second-order valence-electron chi connectivity index (χ2n) is 4.23. The van der Waals surface area contributed by atoms with Crippen LogP contribution in [-0.4, -0.2) is 9.97 Å². The molecule has 2 heterocycles. The van der Waals surface area contributed by atoms with Crippen molar-refractivity contribution in [2.75, 3.05) is 5.73 Å². The number of hydrogen-bond donors (Lipinski definition) is 1. The van der Waals surface area contributed by atoms with E-state index in [0.717, 1.165) is 16.9 Å². The highest BCUT2D eigenvalue weighted by Crippen LogP contribution is 2.35. The summed E-state index contributed by atoms with van der Waals surface area (Å²) in [6, 6.07) is 15.1. The third-order valence-corrected chi connectivity index (χ3v) is 2.86. The molecule has 0 saturated carbocycles. The Kier molecular flexibility index (Phi) is 3.29. The summed E-state index contributed by atoms with van der Waals surface area (Å²) in [5.74, 6) is 1.84. The van der Waals surface area contributed by atoms with Crippen LogP contribution in [0.4, 0.5) is 5.82 Å². The van der Waals surface area contributed by atoms with Gasteiger partial charge in [0.25, 0.3) is 0 Å². The van der Waals surface area contributed by atoms with Gasteiger partial charge in [0.1, 0.15) is 17.3 Å². The van der Waals surface area contributed by atoms with Gasteiger partial charge in [0.15, 0.2) is 0 Å². The zero-order valence-electron chi connectivity index (χ0n) is 10.7. The van der Waals surface area contributed by atoms with Crippen LogP contribution in [0.25, 0.3) is 11.1 Å². The summed E-state index contributed by atoms with van der Waals surface area (Å²) in [5, 5.41) is 0. The molecule has 2 N–H and O–H groups in total. The molecular formula is C16H13N3O. The van der Waals surface area contributed by atoms with Crippen LogP contribution in [0.3, 0.4) is 0 Å². The smallest absolute Gasteiger partial charge is 0.140 e. The van der Waals surface area contributed by atoms with E-state index in [4.69, 9.17) is 10.5 Å². The molecule has 1 aromatic carbocycles. The van der Waals surface area contributed by atoms with Gasteiger partial charge in [-0.3, -0.25) is 4.98 Å². The molecule has 0 bridgehead atoms. The maximum absolute atomic E-state index is 5.99. The molecule has 0 unspecified atom stereocenters. The van der Waals surface area contributed by atoms with Crippen molar-refractivity contribution in [3.8, 4) is 22.6 Å². The molecule has 0 amide bonds. The minimum absolute atomic E-state index is 0.423. The number of rotatable bonds is 3. The van der Waals surface area contributed by atoms with Gasteiger partial charge in [0.05, 0.1) is 5.56 Å². The summed E-state index contributed by atoms with van der Waals surface area (Å²) >= 11 is 0. The van der Waals surface area contributed by atoms with Gasteiger partial charge in [-0.25, -0.2) is 4.98 Å². The highest BCUT2D eigenvalue weighted by atomic mass is 16.5. The molecule has 3 rings (SSSR count). The molecule has 0 spiro atoms. The normalized spacial score (nSPS) is 10.2. The van der Waals surface area contributed by atoms with Crippen LogP contribution in [0.5, 0.6) is 11.5 Å². The third kappa shape index (κ3) is 2.44. The fraction of sp³-hybridized carbons (Fsp3) is 0. The van der Waals surface area contributed by atoms with Gasteiger partial charge in [0, 0.05) is 24.2 Å². The first-order valence-electron chi connectivity index (χ1n) is 6.22. The van der Waals surface area contributed by atoms with Crippen molar-refractivity contribution in [2.24, 2.45) is 0 Å². The first kappa shape index (κ1) is 12.2. The fourth-order valence-corrected chi connectivity index (χ4v) is 1.96. The second kappa shape index (κ2) is 5.40. The van der Waals surface area contributed by atoms with E-state index < -0.39 is 0 Å². The summed E-state index contributed by atoms with van der Waals surface area (Å²) in [5.41, 5.74) is 7.62. The summed E-state index contributed by atoms with van der Waals surface area (Å²) in [6.45, 7) is 0. The molecule has 4 nitrogen and oxygen atoms in total. The molecule has 0 fully saturated rings. The number of ether oxygens (including phenoxy) is 1. The second-order valence-corrected chi connectivity index (χ2v) is 4.23. The lowest BCUT2D eigenvalue weighted by Crippen LogP contribution is -1.97. The van der Waals surface area contributed by atoms with Gasteiger partial charge >= 0.3 is 0 Å². The summed E-state index contributed by atoms with van der Waals surface area (Å²) in [7, 11) is 0. The van der Waals surface area contributed by atoms with Crippen LogP contribution < -0.4 is 10.5 Å². The van der Waals surface area contributed by atoms with E-state index in [2.05, 4.69) is 9.97 Å². The maximum Gasteiger partial charge on any atom is 0.140 e. The van der Waals surface area contributed by atoms with Crippen LogP contribution in [0.15, 0.2) is 67.1 Å². The molecule has 2 aromatic heterocycles. The standard InChI is InChI=1S/C16H13N3O/c17-16-15(12-5-4-9-18-11-12)14(8-10-19-16)20-13-6-2-1-3-7-13/h1-11H,(H2,17,19). The molecule has 0 aliphatic carbocycles. The molecule has 3 aromatic rings. The predicted octanol–water partition coefficient (Wildman–Crippen LogP) is 3.52. The number of nitrogens with two attached hydrogens (primary N) is 1. The van der Waals surface area contributed by atoms with Crippen molar-refractivity contribution in [3.05, 3.63) is 67.1 Å². The van der Waals surface area contributed by atoms with E-state index in [1.165, 1.54) is 0 Å². The third-order valence-electron chi connectivity index (χ3n) is 2.86. The van der Waals surface area contributed by atoms with E-state index >= 15 is 0 Å². The van der Waals surface area contributed by atoms with Crippen LogP contribution in [0.2, 0.25) is 0 Å². The van der Waals surface area contributed by atoms with Crippen LogP contribution in [0, 0.1) is 0 Å². The maximum atomic E-state index is 5.99. The van der Waals surface area contributed by atoms with Crippen LogP contribution >= 0.6 is 0 Å². The minimum atomic E-state index is 0.423. The zero-order valence-corrected chi connectivity index (χ0v) is 10.7. The van der Waals surface area contributed by atoms with Crippen LogP contribution in [-0.2, 0) is 0 Å². The Labute approximate surface area is 116 Å². The fourth-order valence-electron chi connectivity index (χ4n) is 1.96. The average Bonchev–Trinajstić information content (AvgIpc) is 2.49. The topological polar surface area (TPSA) is 61.0 Å². The lowest BCUT2D eigenvalue weighted by molar-refractivity contribution is 0.484. The number of nitrogens with zero attached hydrogens (tertiary/aromatic N) is 2. The van der Waals surface area contributed by atoms with Gasteiger partial charge in [-0.05, 0) is 24.3 Å². The predicted molar refractivity (Wildman–Crippen MR) is 78.4 cm³/mol. The molecule has 0 saturated heterocycles. The average molecular weight is 263 g/mol. The minimum Gasteiger partial charge on any atom is -0.457 e. The number of hydrogen-bond acceptors (Lipinski definition) is 4. The number of aromatic nitrogens is 2. The van der Waals surface area contributed by atoms with Gasteiger partial charge < -0.3 is 10.5 Å². The number of nitrogen functional groups attached to an aromatic ring is 1. The molecule has 0 radical (unpaired) electrons. The van der Waals surface area contributed by atoms with E-state index in [0.29, 0.717) is 11.6 Å². The Morgan fingerprint density at radius 2 is 1.75 bits per heavy atom. The summed E-state index contributed by atoms with van der Waals surface area (Å²) in [4.78, 5) is 8.24. The van der Waals surface area contributed by atoms with E-state index in [1.807, 2.05) is 42.5 Å². The zero-order chi connectivity index (χ0) is 13.8. The largest absolute Gasteiger partial charge is 0.457 e. The number of para-hydroxylation sites is 1. The number of benzene rings is 1. The molecule has 0 atom stereocenters. The van der Waals surface area contributed by atoms with Crippen molar-refractivity contribution in [3.63, 3.8) is 0 Å². The first-order chi connectivity index (χ1) is 9.84. The Morgan fingerprint density at radius 3 is 2.50 bits per heavy atom. The molecule has 4 heteroatoms. The van der Waals surface area contributed by atoms with Crippen molar-refractivity contribution < 1.29 is 4.74 Å². The molecule has 0 aliphatic rings. The molecule has 20 heavy (non-hydrogen) atoms. The SMILES string of the molecule is Nc1nccc(Oc2ccccc2)c1-c1cccnc1. The number of pyridine rings is 2. The van der Waals surface area contributed by atoms with E-state index in [-0.39, 0.29) is 0 Å². The highest BCUT2D eigenvalue weighted by molar-refractivity contribution is 5.79. The monoisotopic (exact) mass is 263 g/mol. The van der Waals surface area contributed by atoms with Gasteiger partial charge in [-0.1, -0.05) is 24.3 Å². The Morgan fingerprint density at radius 1 is 0.900 bits per heavy atom. The first-order valence-corrected chi connectivity index (χ1v) is 6.22. The number of anilines is 1. The van der Waals surface area contributed by atoms with E-state index in [1.54, 1.807) is 24.7 Å². The van der Waals surface area contributed by atoms with Crippen molar-refractivity contribution in [1.82, 2.24) is 9.97 Å². The van der Waals surface area contributed by atoms with Gasteiger partial charge in [-0.15, -0.1) is 0 Å². The van der Waals surface area contributed by atoms with Crippen molar-refractivity contribution >= 4 is 5.82 Å². The molecular weight excluding hydrogens is 250 g/mol. The lowest BCUT2D eigenvalue weighted by atomic mass is 10.1. The van der Waals surface area contributed by atoms with E-state index in [9.17, 15) is 0 Å². The Bertz CT molecular complexity index is 699. The summed E-state index contributed by atoms with van der Waals surface area (Å²) in [6.07, 6.45) is 5.09. The van der Waals surface area contributed by atoms with Crippen molar-refractivity contribution in [1.29, 1.82) is 0 Å². The van der Waals surface area contributed by atoms with Crippen LogP contribution in [0.1, 0.15) is 0 Å². The molecule has 0 aliphatic heterocycles. The van der Waals surface area contributed by atoms with Gasteiger partial charge in [-0.2, -0.15) is 0 Å². The quantitative estimate of drug-likeness (QED) is 0.785. The summed E-state index contributed by atoms with van der Waals surface area (Å²) < 4.78 is 5.90. The Balaban J connectivity index is 2.06. The Hall–Kier alpha value is -2.88. The van der Waals surface area contributed by atoms with Gasteiger partial charge in [0.2, 0.25) is 0 Å². The molecule has 98 valence electrons. The lowest BCUT2D eigenvalue weighted by Gasteiger charge is -2.12.